The van der Waals surface area contributed by atoms with E-state index in [1.807, 2.05) is 41.5 Å². The third kappa shape index (κ3) is 9.19. The molecule has 0 aliphatic carbocycles. The fourth-order valence-corrected chi connectivity index (χ4v) is 5.55. The van der Waals surface area contributed by atoms with Gasteiger partial charge in [0.25, 0.3) is 0 Å². The summed E-state index contributed by atoms with van der Waals surface area (Å²) in [6.45, 7) is 12.4. The van der Waals surface area contributed by atoms with E-state index in [9.17, 15) is 29.1 Å². The van der Waals surface area contributed by atoms with Crippen LogP contribution >= 0.6 is 0 Å². The molecule has 39 heavy (non-hydrogen) atoms. The number of carboxylic acid groups (broad SMARTS) is 1. The van der Waals surface area contributed by atoms with Crippen LogP contribution in [0.5, 0.6) is 0 Å². The van der Waals surface area contributed by atoms with Crippen molar-refractivity contribution in [1.82, 2.24) is 20.4 Å². The predicted octanol–water partition coefficient (Wildman–Crippen LogP) is 1.49. The molecule has 0 aromatic heterocycles. The van der Waals surface area contributed by atoms with Gasteiger partial charge in [-0.1, -0.05) is 41.5 Å². The largest absolute Gasteiger partial charge is 0.480 e. The van der Waals surface area contributed by atoms with Gasteiger partial charge in [-0.05, 0) is 62.7 Å². The summed E-state index contributed by atoms with van der Waals surface area (Å²) in [7, 11) is 0. The molecule has 4 amide bonds. The summed E-state index contributed by atoms with van der Waals surface area (Å²) in [5, 5.41) is 15.0. The lowest BCUT2D eigenvalue weighted by Gasteiger charge is -2.32. The van der Waals surface area contributed by atoms with Crippen molar-refractivity contribution in [3.63, 3.8) is 0 Å². The second kappa shape index (κ2) is 14.6. The second-order valence-electron chi connectivity index (χ2n) is 12.3. The Morgan fingerprint density at radius 2 is 1.13 bits per heavy atom. The van der Waals surface area contributed by atoms with Gasteiger partial charge in [0.1, 0.15) is 24.2 Å². The van der Waals surface area contributed by atoms with Gasteiger partial charge in [-0.3, -0.25) is 19.2 Å². The lowest BCUT2D eigenvalue weighted by atomic mass is 10.0. The van der Waals surface area contributed by atoms with Crippen LogP contribution in [0.25, 0.3) is 0 Å². The van der Waals surface area contributed by atoms with Gasteiger partial charge in [-0.15, -0.1) is 0 Å². The van der Waals surface area contributed by atoms with Crippen molar-refractivity contribution in [3.8, 4) is 0 Å². The summed E-state index contributed by atoms with van der Waals surface area (Å²) < 4.78 is 0. The molecule has 0 spiro atoms. The molecular formula is C28H49N5O6. The van der Waals surface area contributed by atoms with Gasteiger partial charge >= 0.3 is 5.97 Å². The summed E-state index contributed by atoms with van der Waals surface area (Å²) >= 11 is 0. The zero-order valence-electron chi connectivity index (χ0n) is 24.4. The molecule has 0 bridgehead atoms. The number of amides is 4. The number of hydrogen-bond donors (Lipinski definition) is 4. The number of hydrogen-bond acceptors (Lipinski definition) is 6. The van der Waals surface area contributed by atoms with E-state index in [1.54, 1.807) is 0 Å². The third-order valence-electron chi connectivity index (χ3n) is 7.36. The Labute approximate surface area is 232 Å². The molecule has 2 aliphatic rings. The van der Waals surface area contributed by atoms with E-state index in [0.29, 0.717) is 51.6 Å². The quantitative estimate of drug-likeness (QED) is 0.269. The van der Waals surface area contributed by atoms with Crippen LogP contribution in [0.15, 0.2) is 0 Å². The maximum atomic E-state index is 13.7. The van der Waals surface area contributed by atoms with E-state index in [1.165, 1.54) is 9.80 Å². The number of aliphatic carboxylic acids is 1. The van der Waals surface area contributed by atoms with Crippen LogP contribution in [0.1, 0.15) is 86.5 Å². The number of nitrogens with one attached hydrogen (secondary N) is 2. The zero-order valence-corrected chi connectivity index (χ0v) is 24.4. The first-order valence-electron chi connectivity index (χ1n) is 14.4. The predicted molar refractivity (Wildman–Crippen MR) is 147 cm³/mol. The van der Waals surface area contributed by atoms with E-state index in [2.05, 4.69) is 10.6 Å². The number of carboxylic acids is 1. The van der Waals surface area contributed by atoms with Crippen molar-refractivity contribution < 1.29 is 29.1 Å². The van der Waals surface area contributed by atoms with E-state index < -0.39 is 42.1 Å². The first-order valence-corrected chi connectivity index (χ1v) is 14.4. The van der Waals surface area contributed by atoms with Crippen LogP contribution in [0.2, 0.25) is 0 Å². The van der Waals surface area contributed by atoms with Crippen LogP contribution < -0.4 is 16.4 Å². The molecule has 0 unspecified atom stereocenters. The van der Waals surface area contributed by atoms with Gasteiger partial charge in [0.15, 0.2) is 0 Å². The monoisotopic (exact) mass is 551 g/mol. The van der Waals surface area contributed by atoms with E-state index in [-0.39, 0.29) is 41.9 Å². The van der Waals surface area contributed by atoms with Crippen LogP contribution in [0.4, 0.5) is 0 Å². The molecule has 2 fully saturated rings. The van der Waals surface area contributed by atoms with Crippen LogP contribution in [0.3, 0.4) is 0 Å². The number of carbonyl (C=O) groups is 5. The SMILES string of the molecule is CC(C)C[C@H](NC(=O)[C@@H]1CCCN1C(=O)[C@H](CC(C)C)NC(=O)[C@@H]1CCCN1C(=O)[C@@H](N)CC(C)C)C(=O)O. The lowest BCUT2D eigenvalue weighted by molar-refractivity contribution is -0.146. The fraction of sp³-hybridized carbons (Fsp3) is 0.821. The number of carbonyl (C=O) groups excluding carboxylic acids is 4. The third-order valence-corrected chi connectivity index (χ3v) is 7.36. The molecule has 0 radical (unpaired) electrons. The molecule has 0 saturated carbocycles. The summed E-state index contributed by atoms with van der Waals surface area (Å²) in [5.74, 6) is -2.21. The minimum absolute atomic E-state index is 0.0697. The van der Waals surface area contributed by atoms with Crippen LogP contribution in [0, 0.1) is 17.8 Å². The standard InChI is InChI=1S/C28H49N5O6/c1-16(2)13-19(29)26(36)32-11-7-9-22(32)24(34)30-20(14-17(3)4)27(37)33-12-8-10-23(33)25(35)31-21(28(38)39)15-18(5)6/h16-23H,7-15,29H2,1-6H3,(H,30,34)(H,31,35)(H,38,39)/t19-,20-,21-,22-,23-/m0/s1. The Morgan fingerprint density at radius 1 is 0.718 bits per heavy atom. The molecule has 0 aromatic rings. The van der Waals surface area contributed by atoms with Gasteiger partial charge < -0.3 is 31.3 Å². The molecule has 2 rings (SSSR count). The lowest BCUT2D eigenvalue weighted by Crippen LogP contribution is -2.58. The topological polar surface area (TPSA) is 162 Å². The van der Waals surface area contributed by atoms with Gasteiger partial charge in [0, 0.05) is 13.1 Å². The molecular weight excluding hydrogens is 502 g/mol. The molecule has 5 N–H and O–H groups in total. The van der Waals surface area contributed by atoms with Crippen molar-refractivity contribution in [1.29, 1.82) is 0 Å². The highest BCUT2D eigenvalue weighted by molar-refractivity contribution is 5.96. The Bertz CT molecular complexity index is 892. The van der Waals surface area contributed by atoms with Crippen molar-refractivity contribution >= 4 is 29.6 Å². The molecule has 222 valence electrons. The molecule has 0 aromatic carbocycles. The second-order valence-corrected chi connectivity index (χ2v) is 12.3. The van der Waals surface area contributed by atoms with Gasteiger partial charge in [-0.25, -0.2) is 4.79 Å². The molecule has 5 atom stereocenters. The summed E-state index contributed by atoms with van der Waals surface area (Å²) in [4.78, 5) is 67.8. The van der Waals surface area contributed by atoms with Gasteiger partial charge in [-0.2, -0.15) is 0 Å². The van der Waals surface area contributed by atoms with Crippen molar-refractivity contribution in [2.75, 3.05) is 13.1 Å². The van der Waals surface area contributed by atoms with Crippen molar-refractivity contribution in [3.05, 3.63) is 0 Å². The fourth-order valence-electron chi connectivity index (χ4n) is 5.55. The maximum absolute atomic E-state index is 13.7. The van der Waals surface area contributed by atoms with E-state index in [0.717, 1.165) is 0 Å². The van der Waals surface area contributed by atoms with E-state index >= 15 is 0 Å². The molecule has 11 nitrogen and oxygen atoms in total. The van der Waals surface area contributed by atoms with Crippen molar-refractivity contribution in [2.24, 2.45) is 23.5 Å². The molecule has 11 heteroatoms. The minimum Gasteiger partial charge on any atom is -0.480 e. The van der Waals surface area contributed by atoms with Crippen molar-refractivity contribution in [2.45, 2.75) is 117 Å². The Balaban J connectivity index is 2.15. The number of nitrogens with two attached hydrogens (primary N) is 1. The first-order chi connectivity index (χ1) is 18.2. The average molecular weight is 552 g/mol. The molecule has 2 saturated heterocycles. The molecule has 2 aliphatic heterocycles. The normalized spacial score (nSPS) is 21.8. The Morgan fingerprint density at radius 3 is 1.56 bits per heavy atom. The maximum Gasteiger partial charge on any atom is 0.326 e. The average Bonchev–Trinajstić information content (AvgIpc) is 3.51. The zero-order chi connectivity index (χ0) is 29.4. The minimum atomic E-state index is -1.11. The number of nitrogens with zero attached hydrogens (tertiary/aromatic N) is 2. The van der Waals surface area contributed by atoms with Crippen LogP contribution in [-0.2, 0) is 24.0 Å². The van der Waals surface area contributed by atoms with Gasteiger partial charge in [0.05, 0.1) is 6.04 Å². The Kier molecular flexibility index (Phi) is 12.2. The smallest absolute Gasteiger partial charge is 0.326 e. The highest BCUT2D eigenvalue weighted by Crippen LogP contribution is 2.23. The highest BCUT2D eigenvalue weighted by Gasteiger charge is 2.41. The number of likely N-dealkylation sites (tertiary alicyclic amines) is 2. The summed E-state index contributed by atoms with van der Waals surface area (Å²) in [5.41, 5.74) is 6.12. The number of rotatable bonds is 13. The van der Waals surface area contributed by atoms with Crippen LogP contribution in [-0.4, -0.2) is 87.8 Å². The van der Waals surface area contributed by atoms with Gasteiger partial charge in [0.2, 0.25) is 23.6 Å². The van der Waals surface area contributed by atoms with E-state index in [4.69, 9.17) is 5.73 Å². The summed E-state index contributed by atoms with van der Waals surface area (Å²) in [6, 6.07) is -4.06. The Hall–Kier alpha value is -2.69. The highest BCUT2D eigenvalue weighted by atomic mass is 16.4. The summed E-state index contributed by atoms with van der Waals surface area (Å²) in [6.07, 6.45) is 3.38. The molecule has 2 heterocycles. The first kappa shape index (κ1) is 32.5.